The van der Waals surface area contributed by atoms with Gasteiger partial charge in [-0.05, 0) is 37.6 Å². The largest absolute Gasteiger partial charge is 0.497 e. The lowest BCUT2D eigenvalue weighted by Gasteiger charge is -2.26. The van der Waals surface area contributed by atoms with Crippen molar-refractivity contribution in [3.63, 3.8) is 0 Å². The number of carbonyl (C=O) groups excluding carboxylic acids is 1. The van der Waals surface area contributed by atoms with Crippen molar-refractivity contribution >= 4 is 23.4 Å². The number of hydrogen-bond donors (Lipinski definition) is 1. The Morgan fingerprint density at radius 1 is 1.28 bits per heavy atom. The molecule has 0 spiro atoms. The van der Waals surface area contributed by atoms with Crippen LogP contribution in [0.1, 0.15) is 24.4 Å². The third-order valence-corrected chi connectivity index (χ3v) is 6.10. The Hall–Kier alpha value is -2.44. The molecule has 1 unspecified atom stereocenters. The molecule has 0 bridgehead atoms. The summed E-state index contributed by atoms with van der Waals surface area (Å²) in [4.78, 5) is 16.1. The quantitative estimate of drug-likeness (QED) is 0.475. The summed E-state index contributed by atoms with van der Waals surface area (Å²) in [7, 11) is 3.31. The maximum Gasteiger partial charge on any atom is 0.238 e. The van der Waals surface area contributed by atoms with Gasteiger partial charge in [-0.3, -0.25) is 9.69 Å². The van der Waals surface area contributed by atoms with Crippen molar-refractivity contribution in [1.29, 1.82) is 0 Å². The van der Waals surface area contributed by atoms with Crippen molar-refractivity contribution in [1.82, 2.24) is 4.90 Å². The van der Waals surface area contributed by atoms with E-state index < -0.39 is 0 Å². The first kappa shape index (κ1) is 21.3. The van der Waals surface area contributed by atoms with E-state index in [-0.39, 0.29) is 11.9 Å². The predicted octanol–water partition coefficient (Wildman–Crippen LogP) is 4.76. The highest BCUT2D eigenvalue weighted by atomic mass is 32.2. The first-order chi connectivity index (χ1) is 14.2. The van der Waals surface area contributed by atoms with Crippen molar-refractivity contribution in [2.24, 2.45) is 0 Å². The second kappa shape index (κ2) is 10.4. The van der Waals surface area contributed by atoms with Crippen molar-refractivity contribution in [2.75, 3.05) is 38.4 Å². The summed E-state index contributed by atoms with van der Waals surface area (Å²) in [6.45, 7) is 5.00. The third-order valence-electron chi connectivity index (χ3n) is 5.03. The van der Waals surface area contributed by atoms with Gasteiger partial charge in [0.25, 0.3) is 0 Å². The summed E-state index contributed by atoms with van der Waals surface area (Å²) in [5.41, 5.74) is 1.95. The highest BCUT2D eigenvalue weighted by Gasteiger charge is 2.30. The van der Waals surface area contributed by atoms with Gasteiger partial charge < -0.3 is 14.8 Å². The Kier molecular flexibility index (Phi) is 7.61. The van der Waals surface area contributed by atoms with E-state index in [1.54, 1.807) is 26.0 Å². The number of likely N-dealkylation sites (tertiary alicyclic amines) is 1. The summed E-state index contributed by atoms with van der Waals surface area (Å²) < 4.78 is 10.9. The molecule has 1 amide bonds. The number of benzene rings is 2. The first-order valence-electron chi connectivity index (χ1n) is 9.74. The molecular weight excluding hydrogens is 384 g/mol. The lowest BCUT2D eigenvalue weighted by Crippen LogP contribution is -2.33. The van der Waals surface area contributed by atoms with Crippen LogP contribution in [-0.4, -0.2) is 43.9 Å². The van der Waals surface area contributed by atoms with Crippen LogP contribution in [0.3, 0.4) is 0 Å². The van der Waals surface area contributed by atoms with Gasteiger partial charge in [0.15, 0.2) is 0 Å². The smallest absolute Gasteiger partial charge is 0.238 e. The van der Waals surface area contributed by atoms with Gasteiger partial charge in [0, 0.05) is 28.3 Å². The number of nitrogens with one attached hydrogen (secondary N) is 1. The van der Waals surface area contributed by atoms with Gasteiger partial charge in [0.2, 0.25) is 5.91 Å². The fourth-order valence-corrected chi connectivity index (χ4v) is 4.43. The highest BCUT2D eigenvalue weighted by Crippen LogP contribution is 2.38. The molecule has 29 heavy (non-hydrogen) atoms. The second-order valence-electron chi connectivity index (χ2n) is 6.88. The normalized spacial score (nSPS) is 16.4. The third kappa shape index (κ3) is 5.34. The van der Waals surface area contributed by atoms with E-state index in [2.05, 4.69) is 16.8 Å². The Labute approximate surface area is 177 Å². The molecule has 1 aliphatic rings. The Morgan fingerprint density at radius 2 is 2.10 bits per heavy atom. The monoisotopic (exact) mass is 412 g/mol. The zero-order valence-electron chi connectivity index (χ0n) is 17.0. The van der Waals surface area contributed by atoms with Crippen LogP contribution in [-0.2, 0) is 4.79 Å². The topological polar surface area (TPSA) is 50.8 Å². The zero-order valence-corrected chi connectivity index (χ0v) is 17.8. The number of amides is 1. The average molecular weight is 413 g/mol. The minimum atomic E-state index is -0.00367. The predicted molar refractivity (Wildman–Crippen MR) is 119 cm³/mol. The van der Waals surface area contributed by atoms with Gasteiger partial charge >= 0.3 is 0 Å². The maximum atomic E-state index is 12.8. The number of hydrogen-bond acceptors (Lipinski definition) is 5. The van der Waals surface area contributed by atoms with Crippen LogP contribution < -0.4 is 14.8 Å². The molecule has 0 saturated carbocycles. The number of thioether (sulfide) groups is 1. The Balaban J connectivity index is 1.70. The van der Waals surface area contributed by atoms with E-state index in [1.165, 1.54) is 0 Å². The van der Waals surface area contributed by atoms with Gasteiger partial charge in [-0.2, -0.15) is 0 Å². The lowest BCUT2D eigenvalue weighted by molar-refractivity contribution is -0.117. The van der Waals surface area contributed by atoms with Gasteiger partial charge in [-0.15, -0.1) is 18.3 Å². The lowest BCUT2D eigenvalue weighted by atomic mass is 10.0. The molecule has 2 aromatic rings. The number of methoxy groups -OCH3 is 2. The van der Waals surface area contributed by atoms with E-state index in [0.717, 1.165) is 52.8 Å². The number of para-hydroxylation sites is 1. The molecule has 3 rings (SSSR count). The number of ether oxygens (including phenoxy) is 2. The molecule has 6 heteroatoms. The summed E-state index contributed by atoms with van der Waals surface area (Å²) in [5.74, 6) is 2.36. The molecule has 1 fully saturated rings. The molecule has 1 atom stereocenters. The molecule has 0 radical (unpaired) electrons. The SMILES string of the molecule is C=CCSc1ccccc1NC(=O)CN1CCCC1c1ccc(OC)cc1OC. The molecule has 0 aromatic heterocycles. The van der Waals surface area contributed by atoms with E-state index in [4.69, 9.17) is 9.47 Å². The van der Waals surface area contributed by atoms with E-state index in [9.17, 15) is 4.79 Å². The average Bonchev–Trinajstić information content (AvgIpc) is 3.20. The van der Waals surface area contributed by atoms with Crippen LogP contribution >= 0.6 is 11.8 Å². The van der Waals surface area contributed by atoms with Gasteiger partial charge in [0.05, 0.1) is 26.5 Å². The summed E-state index contributed by atoms with van der Waals surface area (Å²) in [6, 6.07) is 13.9. The fraction of sp³-hybridized carbons (Fsp3) is 0.348. The summed E-state index contributed by atoms with van der Waals surface area (Å²) in [5, 5.41) is 3.08. The number of nitrogens with zero attached hydrogens (tertiary/aromatic N) is 1. The van der Waals surface area contributed by atoms with Gasteiger partial charge in [-0.1, -0.05) is 24.3 Å². The van der Waals surface area contributed by atoms with Crippen molar-refractivity contribution in [2.45, 2.75) is 23.8 Å². The molecule has 1 saturated heterocycles. The zero-order chi connectivity index (χ0) is 20.6. The maximum absolute atomic E-state index is 12.8. The summed E-state index contributed by atoms with van der Waals surface area (Å²) in [6.07, 6.45) is 3.92. The summed E-state index contributed by atoms with van der Waals surface area (Å²) >= 11 is 1.66. The first-order valence-corrected chi connectivity index (χ1v) is 10.7. The van der Waals surface area contributed by atoms with Crippen molar-refractivity contribution < 1.29 is 14.3 Å². The minimum absolute atomic E-state index is 0.00367. The fourth-order valence-electron chi connectivity index (χ4n) is 3.68. The van der Waals surface area contributed by atoms with Crippen LogP contribution in [0.5, 0.6) is 11.5 Å². The standard InChI is InChI=1S/C23H28N2O3S/c1-4-14-29-22-10-6-5-8-19(22)24-23(26)16-25-13-7-9-20(25)18-12-11-17(27-2)15-21(18)28-3/h4-6,8,10-12,15,20H,1,7,9,13-14,16H2,2-3H3,(H,24,26). The van der Waals surface area contributed by atoms with E-state index in [0.29, 0.717) is 6.54 Å². The van der Waals surface area contributed by atoms with Gasteiger partial charge in [0.1, 0.15) is 11.5 Å². The molecule has 1 aliphatic heterocycles. The van der Waals surface area contributed by atoms with Gasteiger partial charge in [-0.25, -0.2) is 0 Å². The highest BCUT2D eigenvalue weighted by molar-refractivity contribution is 7.99. The van der Waals surface area contributed by atoms with Crippen LogP contribution in [0.25, 0.3) is 0 Å². The number of rotatable bonds is 9. The molecule has 154 valence electrons. The molecule has 1 N–H and O–H groups in total. The minimum Gasteiger partial charge on any atom is -0.497 e. The molecule has 1 heterocycles. The molecule has 0 aliphatic carbocycles. The van der Waals surface area contributed by atoms with Crippen molar-refractivity contribution in [3.8, 4) is 11.5 Å². The molecular formula is C23H28N2O3S. The number of anilines is 1. The Bertz CT molecular complexity index is 856. The van der Waals surface area contributed by atoms with Crippen LogP contribution in [0.2, 0.25) is 0 Å². The van der Waals surface area contributed by atoms with E-state index >= 15 is 0 Å². The molecule has 2 aromatic carbocycles. The van der Waals surface area contributed by atoms with Crippen LogP contribution in [0, 0.1) is 0 Å². The number of carbonyl (C=O) groups is 1. The van der Waals surface area contributed by atoms with Crippen molar-refractivity contribution in [3.05, 3.63) is 60.7 Å². The van der Waals surface area contributed by atoms with Crippen LogP contribution in [0.4, 0.5) is 5.69 Å². The second-order valence-corrected chi connectivity index (χ2v) is 7.94. The van der Waals surface area contributed by atoms with Crippen LogP contribution in [0.15, 0.2) is 60.0 Å². The van der Waals surface area contributed by atoms with E-state index in [1.807, 2.05) is 48.5 Å². The Morgan fingerprint density at radius 3 is 2.86 bits per heavy atom. The molecule has 5 nitrogen and oxygen atoms in total.